The number of benzene rings is 1. The standard InChI is InChI=1S/C19H25NO4/c1-19(2,3)15-10-8-13(9-11-15)17(22)20-16(21)12-24-18(23)14-6-4-5-7-14/h8-11,14H,4-7,12H2,1-3H3,(H,20,21,22). The lowest BCUT2D eigenvalue weighted by Crippen LogP contribution is -2.34. The molecule has 1 aliphatic carbocycles. The molecule has 1 aliphatic rings. The minimum absolute atomic E-state index is 0.000728. The molecule has 2 rings (SSSR count). The van der Waals surface area contributed by atoms with Crippen molar-refractivity contribution in [1.29, 1.82) is 0 Å². The van der Waals surface area contributed by atoms with E-state index in [-0.39, 0.29) is 17.3 Å². The molecule has 24 heavy (non-hydrogen) atoms. The zero-order valence-corrected chi connectivity index (χ0v) is 14.6. The van der Waals surface area contributed by atoms with Crippen LogP contribution in [0.2, 0.25) is 0 Å². The Bertz CT molecular complexity index is 607. The highest BCUT2D eigenvalue weighted by atomic mass is 16.5. The van der Waals surface area contributed by atoms with Gasteiger partial charge in [0.05, 0.1) is 5.92 Å². The Morgan fingerprint density at radius 3 is 2.21 bits per heavy atom. The summed E-state index contributed by atoms with van der Waals surface area (Å²) < 4.78 is 4.99. The SMILES string of the molecule is CC(C)(C)c1ccc(C(=O)NC(=O)COC(=O)C2CCCC2)cc1. The summed E-state index contributed by atoms with van der Waals surface area (Å²) in [5.74, 6) is -1.54. The Balaban J connectivity index is 1.82. The van der Waals surface area contributed by atoms with Crippen molar-refractivity contribution in [3.8, 4) is 0 Å². The smallest absolute Gasteiger partial charge is 0.309 e. The normalized spacial score (nSPS) is 15.1. The number of esters is 1. The van der Waals surface area contributed by atoms with E-state index in [1.807, 2.05) is 12.1 Å². The zero-order chi connectivity index (χ0) is 17.7. The van der Waals surface area contributed by atoms with Crippen LogP contribution in [0.15, 0.2) is 24.3 Å². The van der Waals surface area contributed by atoms with E-state index in [1.165, 1.54) is 0 Å². The van der Waals surface area contributed by atoms with Gasteiger partial charge in [0, 0.05) is 5.56 Å². The molecule has 5 heteroatoms. The maximum Gasteiger partial charge on any atom is 0.309 e. The van der Waals surface area contributed by atoms with Gasteiger partial charge in [0.25, 0.3) is 11.8 Å². The van der Waals surface area contributed by atoms with Crippen LogP contribution in [-0.2, 0) is 19.7 Å². The van der Waals surface area contributed by atoms with Gasteiger partial charge in [-0.3, -0.25) is 19.7 Å². The van der Waals surface area contributed by atoms with E-state index >= 15 is 0 Å². The number of carbonyl (C=O) groups is 3. The topological polar surface area (TPSA) is 72.5 Å². The third-order valence-electron chi connectivity index (χ3n) is 4.30. The van der Waals surface area contributed by atoms with Gasteiger partial charge in [-0.1, -0.05) is 45.7 Å². The first kappa shape index (κ1) is 18.2. The summed E-state index contributed by atoms with van der Waals surface area (Å²) in [6.45, 7) is 5.85. The van der Waals surface area contributed by atoms with Gasteiger partial charge < -0.3 is 4.74 Å². The van der Waals surface area contributed by atoms with Gasteiger partial charge in [-0.15, -0.1) is 0 Å². The van der Waals surface area contributed by atoms with Gasteiger partial charge in [-0.25, -0.2) is 0 Å². The van der Waals surface area contributed by atoms with Crippen LogP contribution in [0.1, 0.15) is 62.4 Å². The molecule has 130 valence electrons. The molecule has 1 aromatic rings. The predicted octanol–water partition coefficient (Wildman–Crippen LogP) is 2.97. The maximum absolute atomic E-state index is 12.0. The van der Waals surface area contributed by atoms with Crippen molar-refractivity contribution >= 4 is 17.8 Å². The predicted molar refractivity (Wildman–Crippen MR) is 90.5 cm³/mol. The molecule has 0 bridgehead atoms. The second-order valence-corrected chi connectivity index (χ2v) is 7.29. The van der Waals surface area contributed by atoms with Crippen LogP contribution < -0.4 is 5.32 Å². The second kappa shape index (κ2) is 7.60. The summed E-state index contributed by atoms with van der Waals surface area (Å²) in [5, 5.41) is 2.25. The summed E-state index contributed by atoms with van der Waals surface area (Å²) in [7, 11) is 0. The average Bonchev–Trinajstić information content (AvgIpc) is 3.06. The summed E-state index contributed by atoms with van der Waals surface area (Å²) in [6.07, 6.45) is 3.68. The number of amides is 2. The number of imide groups is 1. The van der Waals surface area contributed by atoms with E-state index in [2.05, 4.69) is 26.1 Å². The molecule has 0 saturated heterocycles. The fraction of sp³-hybridized carbons (Fsp3) is 0.526. The van der Waals surface area contributed by atoms with Crippen molar-refractivity contribution in [2.45, 2.75) is 51.9 Å². The number of hydrogen-bond donors (Lipinski definition) is 1. The zero-order valence-electron chi connectivity index (χ0n) is 14.6. The summed E-state index contributed by atoms with van der Waals surface area (Å²) in [4.78, 5) is 35.6. The third kappa shape index (κ3) is 4.91. The Kier molecular flexibility index (Phi) is 5.75. The highest BCUT2D eigenvalue weighted by Gasteiger charge is 2.25. The fourth-order valence-corrected chi connectivity index (χ4v) is 2.77. The number of hydrogen-bond acceptors (Lipinski definition) is 4. The Morgan fingerprint density at radius 2 is 1.67 bits per heavy atom. The van der Waals surface area contributed by atoms with Gasteiger partial charge in [0.15, 0.2) is 6.61 Å². The van der Waals surface area contributed by atoms with E-state index in [0.29, 0.717) is 5.56 Å². The van der Waals surface area contributed by atoms with Crippen molar-refractivity contribution < 1.29 is 19.1 Å². The highest BCUT2D eigenvalue weighted by molar-refractivity contribution is 6.05. The van der Waals surface area contributed by atoms with Crippen molar-refractivity contribution in [2.24, 2.45) is 5.92 Å². The number of nitrogens with one attached hydrogen (secondary N) is 1. The lowest BCUT2D eigenvalue weighted by Gasteiger charge is -2.19. The molecule has 0 atom stereocenters. The summed E-state index contributed by atoms with van der Waals surface area (Å²) >= 11 is 0. The van der Waals surface area contributed by atoms with E-state index < -0.39 is 18.4 Å². The minimum Gasteiger partial charge on any atom is -0.455 e. The number of carbonyl (C=O) groups excluding carboxylic acids is 3. The molecule has 0 heterocycles. The van der Waals surface area contributed by atoms with Crippen molar-refractivity contribution in [3.63, 3.8) is 0 Å². The first-order valence-corrected chi connectivity index (χ1v) is 8.39. The molecule has 0 unspecified atom stereocenters. The Hall–Kier alpha value is -2.17. The largest absolute Gasteiger partial charge is 0.455 e. The first-order chi connectivity index (χ1) is 11.3. The fourth-order valence-electron chi connectivity index (χ4n) is 2.77. The minimum atomic E-state index is -0.605. The van der Waals surface area contributed by atoms with Crippen LogP contribution in [0.25, 0.3) is 0 Å². The maximum atomic E-state index is 12.0. The van der Waals surface area contributed by atoms with Crippen molar-refractivity contribution in [2.75, 3.05) is 6.61 Å². The first-order valence-electron chi connectivity index (χ1n) is 8.39. The molecular formula is C19H25NO4. The molecule has 5 nitrogen and oxygen atoms in total. The number of ether oxygens (including phenoxy) is 1. The van der Waals surface area contributed by atoms with Gasteiger partial charge in [0.2, 0.25) is 0 Å². The summed E-state index contributed by atoms with van der Waals surface area (Å²) in [6, 6.07) is 7.13. The van der Waals surface area contributed by atoms with Gasteiger partial charge in [0.1, 0.15) is 0 Å². The summed E-state index contributed by atoms with van der Waals surface area (Å²) in [5.41, 5.74) is 1.51. The van der Waals surface area contributed by atoms with Crippen LogP contribution in [0.3, 0.4) is 0 Å². The average molecular weight is 331 g/mol. The Morgan fingerprint density at radius 1 is 1.08 bits per heavy atom. The van der Waals surface area contributed by atoms with Crippen LogP contribution in [-0.4, -0.2) is 24.4 Å². The Labute approximate surface area is 142 Å². The molecule has 1 aromatic carbocycles. The molecule has 1 N–H and O–H groups in total. The molecule has 1 saturated carbocycles. The van der Waals surface area contributed by atoms with Gasteiger partial charge in [-0.2, -0.15) is 0 Å². The van der Waals surface area contributed by atoms with Gasteiger partial charge >= 0.3 is 5.97 Å². The van der Waals surface area contributed by atoms with Crippen LogP contribution in [0.4, 0.5) is 0 Å². The lowest BCUT2D eigenvalue weighted by molar-refractivity contribution is -0.152. The molecule has 2 amide bonds. The third-order valence-corrected chi connectivity index (χ3v) is 4.30. The molecule has 0 aliphatic heterocycles. The number of rotatable bonds is 4. The van der Waals surface area contributed by atoms with E-state index in [9.17, 15) is 14.4 Å². The van der Waals surface area contributed by atoms with Crippen LogP contribution in [0, 0.1) is 5.92 Å². The van der Waals surface area contributed by atoms with Gasteiger partial charge in [-0.05, 0) is 36.0 Å². The van der Waals surface area contributed by atoms with Crippen LogP contribution in [0.5, 0.6) is 0 Å². The van der Waals surface area contributed by atoms with E-state index in [4.69, 9.17) is 4.74 Å². The molecular weight excluding hydrogens is 306 g/mol. The van der Waals surface area contributed by atoms with Crippen molar-refractivity contribution in [3.05, 3.63) is 35.4 Å². The molecule has 0 radical (unpaired) electrons. The quantitative estimate of drug-likeness (QED) is 0.861. The molecule has 1 fully saturated rings. The second-order valence-electron chi connectivity index (χ2n) is 7.29. The molecule has 0 spiro atoms. The monoisotopic (exact) mass is 331 g/mol. The van der Waals surface area contributed by atoms with Crippen LogP contribution >= 0.6 is 0 Å². The van der Waals surface area contributed by atoms with E-state index in [1.54, 1.807) is 12.1 Å². The lowest BCUT2D eigenvalue weighted by atomic mass is 9.87. The van der Waals surface area contributed by atoms with E-state index in [0.717, 1.165) is 31.2 Å². The molecule has 0 aromatic heterocycles. The van der Waals surface area contributed by atoms with Crippen molar-refractivity contribution in [1.82, 2.24) is 5.32 Å². The highest BCUT2D eigenvalue weighted by Crippen LogP contribution is 2.25.